The van der Waals surface area contributed by atoms with Gasteiger partial charge in [-0.15, -0.1) is 12.4 Å². The van der Waals surface area contributed by atoms with Gasteiger partial charge < -0.3 is 11.1 Å². The van der Waals surface area contributed by atoms with E-state index in [0.717, 1.165) is 32.1 Å². The fourth-order valence-electron chi connectivity index (χ4n) is 3.35. The molecule has 0 aliphatic heterocycles. The number of nitrogens with one attached hydrogen (secondary N) is 2. The first-order valence-electron chi connectivity index (χ1n) is 8.54. The SMILES string of the molecule is Cc1ccc(NC(=O)[C@@H]2CCC[C@@H]2CN)cc1S(=O)(=O)NC1CC1.Cl. The van der Waals surface area contributed by atoms with Gasteiger partial charge in [-0.05, 0) is 62.8 Å². The number of hydrogen-bond acceptors (Lipinski definition) is 4. The molecule has 1 amide bonds. The van der Waals surface area contributed by atoms with E-state index in [1.807, 2.05) is 0 Å². The number of amides is 1. The summed E-state index contributed by atoms with van der Waals surface area (Å²) in [6, 6.07) is 5.07. The van der Waals surface area contributed by atoms with Crippen LogP contribution in [-0.2, 0) is 14.8 Å². The summed E-state index contributed by atoms with van der Waals surface area (Å²) in [6.45, 7) is 2.27. The summed E-state index contributed by atoms with van der Waals surface area (Å²) in [6.07, 6.45) is 4.61. The maximum atomic E-state index is 12.5. The number of hydrogen-bond donors (Lipinski definition) is 3. The molecule has 0 aromatic heterocycles. The molecule has 8 heteroatoms. The number of benzene rings is 1. The first-order chi connectivity index (χ1) is 11.4. The highest BCUT2D eigenvalue weighted by atomic mass is 35.5. The predicted octanol–water partition coefficient (Wildman–Crippen LogP) is 2.17. The van der Waals surface area contributed by atoms with E-state index in [0.29, 0.717) is 17.8 Å². The Morgan fingerprint density at radius 3 is 2.60 bits per heavy atom. The number of anilines is 1. The first kappa shape index (κ1) is 20.2. The Balaban J connectivity index is 0.00000225. The number of halogens is 1. The molecule has 2 atom stereocenters. The van der Waals surface area contributed by atoms with E-state index in [1.54, 1.807) is 25.1 Å². The Morgan fingerprint density at radius 1 is 1.24 bits per heavy atom. The van der Waals surface area contributed by atoms with Crippen LogP contribution in [0.1, 0.15) is 37.7 Å². The smallest absolute Gasteiger partial charge is 0.241 e. The van der Waals surface area contributed by atoms with Crippen LogP contribution >= 0.6 is 12.4 Å². The van der Waals surface area contributed by atoms with Gasteiger partial charge in [0.25, 0.3) is 0 Å². The molecule has 0 spiro atoms. The van der Waals surface area contributed by atoms with Gasteiger partial charge in [0, 0.05) is 17.6 Å². The van der Waals surface area contributed by atoms with Gasteiger partial charge in [0.2, 0.25) is 15.9 Å². The van der Waals surface area contributed by atoms with E-state index in [2.05, 4.69) is 10.0 Å². The molecular weight excluding hydrogens is 362 g/mol. The maximum absolute atomic E-state index is 12.5. The second-order valence-electron chi connectivity index (χ2n) is 6.90. The molecule has 2 aliphatic rings. The van der Waals surface area contributed by atoms with Gasteiger partial charge in [-0.25, -0.2) is 13.1 Å². The van der Waals surface area contributed by atoms with Gasteiger partial charge in [-0.1, -0.05) is 12.5 Å². The van der Waals surface area contributed by atoms with Crippen molar-refractivity contribution in [1.29, 1.82) is 0 Å². The predicted molar refractivity (Wildman–Crippen MR) is 100 cm³/mol. The third kappa shape index (κ3) is 4.73. The largest absolute Gasteiger partial charge is 0.330 e. The number of nitrogens with two attached hydrogens (primary N) is 1. The van der Waals surface area contributed by atoms with Gasteiger partial charge in [-0.3, -0.25) is 4.79 Å². The zero-order valence-corrected chi connectivity index (χ0v) is 16.0. The van der Waals surface area contributed by atoms with Gasteiger partial charge in [0.15, 0.2) is 0 Å². The molecule has 1 aromatic rings. The van der Waals surface area contributed by atoms with E-state index >= 15 is 0 Å². The number of sulfonamides is 1. The molecule has 2 saturated carbocycles. The van der Waals surface area contributed by atoms with Crippen LogP contribution in [0.25, 0.3) is 0 Å². The minimum atomic E-state index is -3.54. The van der Waals surface area contributed by atoms with Crippen LogP contribution < -0.4 is 15.8 Å². The fourth-order valence-corrected chi connectivity index (χ4v) is 4.93. The van der Waals surface area contributed by atoms with E-state index in [1.165, 1.54) is 0 Å². The lowest BCUT2D eigenvalue weighted by Crippen LogP contribution is -2.30. The van der Waals surface area contributed by atoms with Crippen LogP contribution in [0.2, 0.25) is 0 Å². The number of rotatable bonds is 6. The summed E-state index contributed by atoms with van der Waals surface area (Å²) in [5.41, 5.74) is 6.93. The molecule has 0 radical (unpaired) electrons. The summed E-state index contributed by atoms with van der Waals surface area (Å²) in [5.74, 6) is 0.0708. The van der Waals surface area contributed by atoms with Crippen molar-refractivity contribution in [3.63, 3.8) is 0 Å². The third-order valence-electron chi connectivity index (χ3n) is 4.94. The van der Waals surface area contributed by atoms with Gasteiger partial charge in [-0.2, -0.15) is 0 Å². The fraction of sp³-hybridized carbons (Fsp3) is 0.588. The average Bonchev–Trinajstić information content (AvgIpc) is 3.20. The minimum absolute atomic E-state index is 0. The highest BCUT2D eigenvalue weighted by molar-refractivity contribution is 7.89. The Hall–Kier alpha value is -1.15. The van der Waals surface area contributed by atoms with Gasteiger partial charge in [0.1, 0.15) is 0 Å². The molecule has 4 N–H and O–H groups in total. The molecule has 2 fully saturated rings. The normalized spacial score (nSPS) is 23.1. The third-order valence-corrected chi connectivity index (χ3v) is 6.61. The van der Waals surface area contributed by atoms with Crippen LogP contribution in [-0.4, -0.2) is 26.9 Å². The summed E-state index contributed by atoms with van der Waals surface area (Å²) in [5, 5.41) is 2.87. The van der Waals surface area contributed by atoms with Crippen molar-refractivity contribution in [2.75, 3.05) is 11.9 Å². The lowest BCUT2D eigenvalue weighted by Gasteiger charge is -2.18. The van der Waals surface area contributed by atoms with E-state index in [-0.39, 0.29) is 41.1 Å². The minimum Gasteiger partial charge on any atom is -0.330 e. The lowest BCUT2D eigenvalue weighted by atomic mass is 9.95. The molecule has 0 saturated heterocycles. The Bertz CT molecular complexity index is 735. The number of aryl methyl sites for hydroxylation is 1. The molecule has 3 rings (SSSR count). The maximum Gasteiger partial charge on any atom is 0.241 e. The lowest BCUT2D eigenvalue weighted by molar-refractivity contribution is -0.120. The van der Waals surface area contributed by atoms with Crippen molar-refractivity contribution in [1.82, 2.24) is 4.72 Å². The summed E-state index contributed by atoms with van der Waals surface area (Å²) < 4.78 is 27.6. The summed E-state index contributed by atoms with van der Waals surface area (Å²) in [7, 11) is -3.54. The second kappa shape index (κ2) is 8.03. The zero-order valence-electron chi connectivity index (χ0n) is 14.3. The topological polar surface area (TPSA) is 101 Å². The zero-order chi connectivity index (χ0) is 17.3. The Labute approximate surface area is 155 Å². The van der Waals surface area contributed by atoms with E-state index in [4.69, 9.17) is 5.73 Å². The standard InChI is InChI=1S/C17H25N3O3S.ClH/c1-11-5-6-14(9-16(11)24(22,23)20-13-7-8-13)19-17(21)15-4-2-3-12(15)10-18;/h5-6,9,12-13,15,20H,2-4,7-8,10,18H2,1H3,(H,19,21);1H/t12-,15-;/m1./s1. The molecule has 6 nitrogen and oxygen atoms in total. The molecule has 0 bridgehead atoms. The molecule has 140 valence electrons. The van der Waals surface area contributed by atoms with Crippen LogP contribution in [0.4, 0.5) is 5.69 Å². The molecule has 1 aromatic carbocycles. The van der Waals surface area contributed by atoms with Crippen LogP contribution in [0.15, 0.2) is 23.1 Å². The summed E-state index contributed by atoms with van der Waals surface area (Å²) >= 11 is 0. The van der Waals surface area contributed by atoms with Gasteiger partial charge >= 0.3 is 0 Å². The molecule has 0 heterocycles. The summed E-state index contributed by atoms with van der Waals surface area (Å²) in [4.78, 5) is 12.7. The van der Waals surface area contributed by atoms with Crippen molar-refractivity contribution in [2.45, 2.75) is 50.0 Å². The Morgan fingerprint density at radius 2 is 1.96 bits per heavy atom. The van der Waals surface area contributed by atoms with Crippen molar-refractivity contribution in [2.24, 2.45) is 17.6 Å². The highest BCUT2D eigenvalue weighted by Gasteiger charge is 2.32. The molecule has 0 unspecified atom stereocenters. The number of carbonyl (C=O) groups excluding carboxylic acids is 1. The number of carbonyl (C=O) groups is 1. The van der Waals surface area contributed by atoms with Gasteiger partial charge in [0.05, 0.1) is 4.90 Å². The first-order valence-corrected chi connectivity index (χ1v) is 10.0. The second-order valence-corrected chi connectivity index (χ2v) is 8.58. The van der Waals surface area contributed by atoms with Crippen molar-refractivity contribution >= 4 is 34.0 Å². The average molecular weight is 388 g/mol. The Kier molecular flexibility index (Phi) is 6.48. The quantitative estimate of drug-likeness (QED) is 0.696. The van der Waals surface area contributed by atoms with Crippen molar-refractivity contribution < 1.29 is 13.2 Å². The molecule has 25 heavy (non-hydrogen) atoms. The van der Waals surface area contributed by atoms with Crippen LogP contribution in [0.3, 0.4) is 0 Å². The highest BCUT2D eigenvalue weighted by Crippen LogP contribution is 2.32. The van der Waals surface area contributed by atoms with Crippen LogP contribution in [0, 0.1) is 18.8 Å². The van der Waals surface area contributed by atoms with Crippen molar-refractivity contribution in [3.8, 4) is 0 Å². The van der Waals surface area contributed by atoms with Crippen LogP contribution in [0.5, 0.6) is 0 Å². The monoisotopic (exact) mass is 387 g/mol. The molecule has 2 aliphatic carbocycles. The molecular formula is C17H26ClN3O3S. The van der Waals surface area contributed by atoms with E-state index < -0.39 is 10.0 Å². The van der Waals surface area contributed by atoms with E-state index in [9.17, 15) is 13.2 Å². The van der Waals surface area contributed by atoms with Crippen molar-refractivity contribution in [3.05, 3.63) is 23.8 Å².